The molecule has 0 N–H and O–H groups in total. The Morgan fingerprint density at radius 1 is 1.06 bits per heavy atom. The van der Waals surface area contributed by atoms with Crippen LogP contribution in [-0.4, -0.2) is 4.98 Å². The van der Waals surface area contributed by atoms with Crippen molar-refractivity contribution in [1.29, 1.82) is 0 Å². The summed E-state index contributed by atoms with van der Waals surface area (Å²) in [6.45, 7) is 8.70. The lowest BCUT2D eigenvalue weighted by molar-refractivity contribution is 0.586. The Labute approximate surface area is 101 Å². The van der Waals surface area contributed by atoms with Crippen molar-refractivity contribution in [2.24, 2.45) is 0 Å². The molecule has 0 saturated carbocycles. The zero-order chi connectivity index (χ0) is 11.8. The summed E-state index contributed by atoms with van der Waals surface area (Å²) in [5, 5.41) is 3.34. The molecule has 0 aliphatic rings. The molecule has 84 valence electrons. The molecule has 1 aromatic heterocycles. The molecule has 0 saturated heterocycles. The largest absolute Gasteiger partial charge is 0.241 e. The molecule has 1 aromatic carbocycles. The van der Waals surface area contributed by atoms with E-state index < -0.39 is 0 Å². The number of hydrogen-bond acceptors (Lipinski definition) is 2. The van der Waals surface area contributed by atoms with Crippen LogP contribution in [0.5, 0.6) is 0 Å². The van der Waals surface area contributed by atoms with Gasteiger partial charge < -0.3 is 0 Å². The van der Waals surface area contributed by atoms with E-state index in [1.54, 1.807) is 11.3 Å². The number of aryl methyl sites for hydroxylation is 1. The third-order valence-corrected chi connectivity index (χ3v) is 3.76. The number of nitrogens with zero attached hydrogens (tertiary/aromatic N) is 1. The third-order valence-electron chi connectivity index (χ3n) is 2.49. The van der Waals surface area contributed by atoms with E-state index >= 15 is 0 Å². The van der Waals surface area contributed by atoms with Crippen molar-refractivity contribution in [3.8, 4) is 11.3 Å². The van der Waals surface area contributed by atoms with E-state index in [1.165, 1.54) is 16.1 Å². The van der Waals surface area contributed by atoms with Gasteiger partial charge in [0.25, 0.3) is 0 Å². The van der Waals surface area contributed by atoms with E-state index in [9.17, 15) is 0 Å². The molecule has 0 aliphatic heterocycles. The molecule has 0 atom stereocenters. The Bertz CT molecular complexity index is 474. The topological polar surface area (TPSA) is 12.9 Å². The van der Waals surface area contributed by atoms with Crippen LogP contribution in [0.4, 0.5) is 0 Å². The van der Waals surface area contributed by atoms with Gasteiger partial charge in [0.1, 0.15) is 0 Å². The minimum Gasteiger partial charge on any atom is -0.241 e. The molecule has 0 aliphatic carbocycles. The normalized spacial score (nSPS) is 11.8. The Hall–Kier alpha value is -1.15. The molecule has 0 bridgehead atoms. The highest BCUT2D eigenvalue weighted by molar-refractivity contribution is 7.10. The maximum absolute atomic E-state index is 4.70. The minimum absolute atomic E-state index is 0.146. The van der Waals surface area contributed by atoms with Gasteiger partial charge in [0, 0.05) is 16.4 Å². The van der Waals surface area contributed by atoms with Gasteiger partial charge in [0.05, 0.1) is 10.7 Å². The molecular formula is C14H17NS. The molecule has 16 heavy (non-hydrogen) atoms. The third kappa shape index (κ3) is 2.33. The van der Waals surface area contributed by atoms with E-state index in [1.807, 2.05) is 0 Å². The van der Waals surface area contributed by atoms with Crippen molar-refractivity contribution >= 4 is 11.3 Å². The number of thiazole rings is 1. The van der Waals surface area contributed by atoms with Gasteiger partial charge in [-0.15, -0.1) is 11.3 Å². The van der Waals surface area contributed by atoms with Crippen LogP contribution in [0.2, 0.25) is 0 Å². The first-order chi connectivity index (χ1) is 7.47. The maximum atomic E-state index is 4.70. The smallest absolute Gasteiger partial charge is 0.0986 e. The van der Waals surface area contributed by atoms with Crippen molar-refractivity contribution in [3.05, 3.63) is 40.2 Å². The van der Waals surface area contributed by atoms with E-state index in [0.717, 1.165) is 5.69 Å². The van der Waals surface area contributed by atoms with Crippen LogP contribution in [0.3, 0.4) is 0 Å². The first kappa shape index (κ1) is 11.3. The molecule has 0 fully saturated rings. The highest BCUT2D eigenvalue weighted by Gasteiger charge is 2.18. The minimum atomic E-state index is 0.146. The summed E-state index contributed by atoms with van der Waals surface area (Å²) < 4.78 is 0. The summed E-state index contributed by atoms with van der Waals surface area (Å²) in [7, 11) is 0. The zero-order valence-electron chi connectivity index (χ0n) is 10.2. The molecule has 0 spiro atoms. The predicted octanol–water partition coefficient (Wildman–Crippen LogP) is 4.42. The van der Waals surface area contributed by atoms with Gasteiger partial charge in [0.2, 0.25) is 0 Å². The second-order valence-electron chi connectivity index (χ2n) is 5.15. The van der Waals surface area contributed by atoms with E-state index in [-0.39, 0.29) is 5.41 Å². The van der Waals surface area contributed by atoms with Crippen LogP contribution in [0.25, 0.3) is 11.3 Å². The average molecular weight is 231 g/mol. The van der Waals surface area contributed by atoms with Gasteiger partial charge >= 0.3 is 0 Å². The molecule has 1 heterocycles. The van der Waals surface area contributed by atoms with Gasteiger partial charge in [-0.1, -0.05) is 50.6 Å². The zero-order valence-corrected chi connectivity index (χ0v) is 11.1. The molecule has 0 unspecified atom stereocenters. The highest BCUT2D eigenvalue weighted by Crippen LogP contribution is 2.29. The molecule has 2 aromatic rings. The SMILES string of the molecule is Cc1ccc(-c2csc(C(C)(C)C)n2)cc1. The summed E-state index contributed by atoms with van der Waals surface area (Å²) in [4.78, 5) is 4.70. The van der Waals surface area contributed by atoms with Crippen molar-refractivity contribution in [2.45, 2.75) is 33.1 Å². The van der Waals surface area contributed by atoms with Crippen LogP contribution < -0.4 is 0 Å². The Morgan fingerprint density at radius 2 is 1.69 bits per heavy atom. The van der Waals surface area contributed by atoms with Gasteiger partial charge in [-0.05, 0) is 6.92 Å². The lowest BCUT2D eigenvalue weighted by atomic mass is 9.98. The molecule has 2 rings (SSSR count). The number of rotatable bonds is 1. The van der Waals surface area contributed by atoms with E-state index in [0.29, 0.717) is 0 Å². The second-order valence-corrected chi connectivity index (χ2v) is 6.01. The fourth-order valence-electron chi connectivity index (χ4n) is 1.48. The summed E-state index contributed by atoms with van der Waals surface area (Å²) in [6.07, 6.45) is 0. The fraction of sp³-hybridized carbons (Fsp3) is 0.357. The van der Waals surface area contributed by atoms with Gasteiger partial charge in [-0.3, -0.25) is 0 Å². The molecule has 2 heteroatoms. The second kappa shape index (κ2) is 4.02. The molecule has 0 amide bonds. The quantitative estimate of drug-likeness (QED) is 0.708. The van der Waals surface area contributed by atoms with Gasteiger partial charge in [-0.25, -0.2) is 4.98 Å². The van der Waals surface area contributed by atoms with Crippen LogP contribution in [-0.2, 0) is 5.41 Å². The predicted molar refractivity (Wildman–Crippen MR) is 71.0 cm³/mol. The van der Waals surface area contributed by atoms with Crippen molar-refractivity contribution in [2.75, 3.05) is 0 Å². The number of aromatic nitrogens is 1. The lowest BCUT2D eigenvalue weighted by Crippen LogP contribution is -2.10. The highest BCUT2D eigenvalue weighted by atomic mass is 32.1. The van der Waals surface area contributed by atoms with Crippen molar-refractivity contribution in [1.82, 2.24) is 4.98 Å². The fourth-order valence-corrected chi connectivity index (χ4v) is 2.39. The first-order valence-electron chi connectivity index (χ1n) is 5.50. The van der Waals surface area contributed by atoms with Gasteiger partial charge in [-0.2, -0.15) is 0 Å². The van der Waals surface area contributed by atoms with Crippen molar-refractivity contribution in [3.63, 3.8) is 0 Å². The molecular weight excluding hydrogens is 214 g/mol. The van der Waals surface area contributed by atoms with Gasteiger partial charge in [0.15, 0.2) is 0 Å². The molecule has 0 radical (unpaired) electrons. The van der Waals surface area contributed by atoms with E-state index in [4.69, 9.17) is 4.98 Å². The summed E-state index contributed by atoms with van der Waals surface area (Å²) in [6, 6.07) is 8.53. The lowest BCUT2D eigenvalue weighted by Gasteiger charge is -2.13. The first-order valence-corrected chi connectivity index (χ1v) is 6.38. The summed E-state index contributed by atoms with van der Waals surface area (Å²) in [5.41, 5.74) is 3.73. The van der Waals surface area contributed by atoms with E-state index in [2.05, 4.69) is 57.3 Å². The molecule has 1 nitrogen and oxygen atoms in total. The Kier molecular flexibility index (Phi) is 2.85. The number of benzene rings is 1. The Morgan fingerprint density at radius 3 is 2.19 bits per heavy atom. The number of hydrogen-bond donors (Lipinski definition) is 0. The van der Waals surface area contributed by atoms with Crippen molar-refractivity contribution < 1.29 is 0 Å². The summed E-state index contributed by atoms with van der Waals surface area (Å²) >= 11 is 1.74. The summed E-state index contributed by atoms with van der Waals surface area (Å²) in [5.74, 6) is 0. The average Bonchev–Trinajstić information content (AvgIpc) is 2.67. The van der Waals surface area contributed by atoms with Crippen LogP contribution in [0.15, 0.2) is 29.6 Å². The monoisotopic (exact) mass is 231 g/mol. The van der Waals surface area contributed by atoms with Crippen LogP contribution >= 0.6 is 11.3 Å². The maximum Gasteiger partial charge on any atom is 0.0986 e. The standard InChI is InChI=1S/C14H17NS/c1-10-5-7-11(8-6-10)12-9-16-13(15-12)14(2,3)4/h5-9H,1-4H3. The Balaban J connectivity index is 2.35. The van der Waals surface area contributed by atoms with Crippen LogP contribution in [0.1, 0.15) is 31.3 Å². The van der Waals surface area contributed by atoms with Crippen LogP contribution in [0, 0.1) is 6.92 Å².